The smallest absolute Gasteiger partial charge is 0.883 e. The van der Waals surface area contributed by atoms with E-state index in [1.807, 2.05) is 39.8 Å². The number of allylic oxidation sites excluding steroid dienone is 11. The minimum atomic E-state index is -1.48. The van der Waals surface area contributed by atoms with Gasteiger partial charge in [0.1, 0.15) is 0 Å². The molecule has 11 heteroatoms. The van der Waals surface area contributed by atoms with Crippen LogP contribution in [0.4, 0.5) is 0 Å². The molecule has 0 aromatic heterocycles. The second-order valence-electron chi connectivity index (χ2n) is 11.4. The molecule has 5 heterocycles. The van der Waals surface area contributed by atoms with Crippen molar-refractivity contribution in [2.45, 2.75) is 60.3 Å². The summed E-state index contributed by atoms with van der Waals surface area (Å²) in [7, 11) is 0. The number of fused-ring (bicyclic) bond motifs is 5. The molecule has 5 aliphatic heterocycles. The molecule has 0 amide bonds. The van der Waals surface area contributed by atoms with E-state index in [0.29, 0.717) is 46.2 Å². The fourth-order valence-electron chi connectivity index (χ4n) is 6.45. The van der Waals surface area contributed by atoms with Crippen molar-refractivity contribution in [1.29, 1.82) is 0 Å². The summed E-state index contributed by atoms with van der Waals surface area (Å²) < 4.78 is 0. The van der Waals surface area contributed by atoms with E-state index in [0.717, 1.165) is 28.0 Å². The average Bonchev–Trinajstić information content (AvgIpc) is 3.63. The third-order valence-corrected chi connectivity index (χ3v) is 8.87. The molecule has 2 unspecified atom stereocenters. The molecule has 2 atom stereocenters. The maximum Gasteiger partial charge on any atom is 2.00 e. The SMILES string of the molecule is C=CC1=C(C)C2=NC1=CC1=NC(=CC3=C(C)C(=C([O-])[O-])C(=N3)C(CC(=O)O)=C3NC(=C2)C(C)C3CCC(=O)O)C(CC)=C1C.[Pt+2]. The van der Waals surface area contributed by atoms with Crippen LogP contribution in [0, 0.1) is 11.8 Å². The number of nitrogens with one attached hydrogen (secondary N) is 1. The second kappa shape index (κ2) is 13.0. The van der Waals surface area contributed by atoms with Crippen LogP contribution >= 0.6 is 0 Å². The minimum absolute atomic E-state index is 0. The Morgan fingerprint density at radius 3 is 2.22 bits per heavy atom. The van der Waals surface area contributed by atoms with Crippen molar-refractivity contribution in [1.82, 2.24) is 5.32 Å². The van der Waals surface area contributed by atoms with Crippen molar-refractivity contribution < 1.29 is 51.1 Å². The summed E-state index contributed by atoms with van der Waals surface area (Å²) in [5, 5.41) is 48.0. The topological polar surface area (TPSA) is 170 Å². The Morgan fingerprint density at radius 1 is 0.956 bits per heavy atom. The molecular weight excluding hydrogens is 755 g/mol. The quantitative estimate of drug-likeness (QED) is 0.329. The Balaban J connectivity index is 0.00000461. The van der Waals surface area contributed by atoms with Gasteiger partial charge in [0.15, 0.2) is 0 Å². The molecule has 1 fully saturated rings. The third kappa shape index (κ3) is 6.03. The number of carboxylic acid groups (broad SMARTS) is 2. The van der Waals surface area contributed by atoms with Crippen LogP contribution in [0.1, 0.15) is 60.3 Å². The summed E-state index contributed by atoms with van der Waals surface area (Å²) in [5.74, 6) is -4.37. The first-order valence-corrected chi connectivity index (χ1v) is 14.6. The van der Waals surface area contributed by atoms with Crippen LogP contribution in [0.2, 0.25) is 0 Å². The van der Waals surface area contributed by atoms with E-state index in [1.54, 1.807) is 19.1 Å². The second-order valence-corrected chi connectivity index (χ2v) is 11.4. The van der Waals surface area contributed by atoms with Crippen LogP contribution in [-0.2, 0) is 30.7 Å². The molecule has 0 aliphatic carbocycles. The van der Waals surface area contributed by atoms with E-state index < -0.39 is 30.2 Å². The van der Waals surface area contributed by atoms with Crippen molar-refractivity contribution in [3.05, 3.63) is 104 Å². The molecule has 0 spiro atoms. The van der Waals surface area contributed by atoms with Crippen LogP contribution in [0.3, 0.4) is 0 Å². The van der Waals surface area contributed by atoms with Crippen molar-refractivity contribution in [3.8, 4) is 0 Å². The number of hydrogen-bond acceptors (Lipinski definition) is 8. The molecule has 236 valence electrons. The maximum absolute atomic E-state index is 12.6. The molecule has 8 bridgehead atoms. The number of nitrogens with zero attached hydrogens (tertiary/aromatic N) is 3. The normalized spacial score (nSPS) is 22.4. The summed E-state index contributed by atoms with van der Waals surface area (Å²) in [5.41, 5.74) is 8.20. The van der Waals surface area contributed by atoms with Gasteiger partial charge in [-0.15, -0.1) is 0 Å². The fourth-order valence-corrected chi connectivity index (χ4v) is 6.45. The number of rotatable bonds is 7. The van der Waals surface area contributed by atoms with E-state index in [2.05, 4.69) is 11.9 Å². The largest absolute Gasteiger partial charge is 2.00 e. The van der Waals surface area contributed by atoms with Gasteiger partial charge in [0.25, 0.3) is 0 Å². The van der Waals surface area contributed by atoms with Gasteiger partial charge in [0.05, 0.1) is 40.6 Å². The summed E-state index contributed by atoms with van der Waals surface area (Å²) in [6.07, 6.45) is 7.45. The number of aliphatic carboxylic acids is 2. The monoisotopic (exact) mass is 789 g/mol. The van der Waals surface area contributed by atoms with Gasteiger partial charge in [-0.2, -0.15) is 5.95 Å². The first-order chi connectivity index (χ1) is 20.9. The standard InChI is InChI=1S/C34H36N4O6.Pt/c1-7-19-15(3)23-12-25-17(5)21(9-10-29(39)40)32(37-25)22(11-30(41)42)33-31(34(43)44)18(6)26(38-33)14-28-20(8-2)16(4)24(36-28)13-27(19)35-23;/h7,12-14,17,21,37,43-44H,1,8-11H2,2-6H3,(H,39,40)(H,41,42);/q;+2/p-2. The molecule has 10 nitrogen and oxygen atoms in total. The van der Waals surface area contributed by atoms with Gasteiger partial charge in [-0.25, -0.2) is 15.0 Å². The van der Waals surface area contributed by atoms with E-state index in [9.17, 15) is 30.0 Å². The Kier molecular flexibility index (Phi) is 9.68. The molecule has 1 saturated heterocycles. The van der Waals surface area contributed by atoms with Crippen molar-refractivity contribution in [2.75, 3.05) is 0 Å². The van der Waals surface area contributed by atoms with Crippen molar-refractivity contribution >= 4 is 29.1 Å². The molecule has 5 aliphatic rings. The zero-order valence-corrected chi connectivity index (χ0v) is 28.0. The van der Waals surface area contributed by atoms with Crippen molar-refractivity contribution in [3.63, 3.8) is 0 Å². The summed E-state index contributed by atoms with van der Waals surface area (Å²) >= 11 is 0. The number of carboxylic acids is 2. The van der Waals surface area contributed by atoms with Crippen LogP contribution < -0.4 is 15.5 Å². The summed E-state index contributed by atoms with van der Waals surface area (Å²) in [6.45, 7) is 13.5. The average molecular weight is 790 g/mol. The predicted octanol–water partition coefficient (Wildman–Crippen LogP) is 3.90. The van der Waals surface area contributed by atoms with Crippen LogP contribution in [0.5, 0.6) is 0 Å². The zero-order chi connectivity index (χ0) is 32.0. The Morgan fingerprint density at radius 2 is 1.62 bits per heavy atom. The van der Waals surface area contributed by atoms with Crippen LogP contribution in [0.25, 0.3) is 0 Å². The van der Waals surface area contributed by atoms with Crippen molar-refractivity contribution in [2.24, 2.45) is 26.8 Å². The number of carbonyl (C=O) groups is 2. The van der Waals surface area contributed by atoms with Gasteiger partial charge in [0, 0.05) is 40.8 Å². The van der Waals surface area contributed by atoms with E-state index in [4.69, 9.17) is 15.0 Å². The van der Waals surface area contributed by atoms with E-state index >= 15 is 0 Å². The number of aliphatic imine (C=N–C) groups is 3. The third-order valence-electron chi connectivity index (χ3n) is 8.87. The summed E-state index contributed by atoms with van der Waals surface area (Å²) in [4.78, 5) is 38.4. The molecule has 0 saturated carbocycles. The van der Waals surface area contributed by atoms with Crippen LogP contribution in [-0.4, -0.2) is 39.3 Å². The summed E-state index contributed by atoms with van der Waals surface area (Å²) in [6, 6.07) is 0. The first-order valence-electron chi connectivity index (χ1n) is 14.6. The van der Waals surface area contributed by atoms with Gasteiger partial charge in [-0.3, -0.25) is 9.59 Å². The first kappa shape index (κ1) is 33.6. The molecule has 0 radical (unpaired) electrons. The van der Waals surface area contributed by atoms with E-state index in [1.165, 1.54) is 0 Å². The molecule has 0 aromatic carbocycles. The fraction of sp³-hybridized carbons (Fsp3) is 0.324. The maximum atomic E-state index is 12.6. The zero-order valence-electron chi connectivity index (χ0n) is 25.7. The van der Waals surface area contributed by atoms with Gasteiger partial charge in [-0.05, 0) is 79.7 Å². The minimum Gasteiger partial charge on any atom is -0.883 e. The molecule has 45 heavy (non-hydrogen) atoms. The molecule has 0 aromatic rings. The van der Waals surface area contributed by atoms with Crippen LogP contribution in [0.15, 0.2) is 119 Å². The van der Waals surface area contributed by atoms with Gasteiger partial charge in [-0.1, -0.05) is 26.5 Å². The van der Waals surface area contributed by atoms with E-state index in [-0.39, 0.29) is 56.7 Å². The predicted molar refractivity (Wildman–Crippen MR) is 164 cm³/mol. The van der Waals surface area contributed by atoms with Gasteiger partial charge in [0.2, 0.25) is 0 Å². The van der Waals surface area contributed by atoms with Gasteiger partial charge >= 0.3 is 33.0 Å². The molecule has 5 rings (SSSR count). The Bertz CT molecular complexity index is 1770. The molecular formula is C34H34N4O6Pt. The number of hydrogen-bond donors (Lipinski definition) is 3. The Hall–Kier alpha value is -4.30. The Labute approximate surface area is 276 Å². The van der Waals surface area contributed by atoms with Gasteiger partial charge < -0.3 is 25.7 Å². The molecule has 3 N–H and O–H groups in total.